The van der Waals surface area contributed by atoms with Crippen molar-refractivity contribution in [1.29, 1.82) is 0 Å². The summed E-state index contributed by atoms with van der Waals surface area (Å²) >= 11 is 0. The molecule has 0 aliphatic heterocycles. The van der Waals surface area contributed by atoms with Gasteiger partial charge >= 0.3 is 0 Å². The second-order valence-corrected chi connectivity index (χ2v) is 5.76. The summed E-state index contributed by atoms with van der Waals surface area (Å²) in [4.78, 5) is 12.0. The highest BCUT2D eigenvalue weighted by atomic mass is 19.1. The quantitative estimate of drug-likeness (QED) is 0.869. The van der Waals surface area contributed by atoms with Crippen LogP contribution in [-0.4, -0.2) is 40.0 Å². The number of aliphatic hydroxyl groups is 1. The fourth-order valence-corrected chi connectivity index (χ4v) is 2.80. The lowest BCUT2D eigenvalue weighted by atomic mass is 10.1. The molecule has 7 heteroatoms. The van der Waals surface area contributed by atoms with Gasteiger partial charge in [-0.1, -0.05) is 0 Å². The highest BCUT2D eigenvalue weighted by Gasteiger charge is 2.36. The number of carbonyl (C=O) groups excluding carboxylic acids is 1. The zero-order chi connectivity index (χ0) is 16.9. The first-order valence-electron chi connectivity index (χ1n) is 7.79. The van der Waals surface area contributed by atoms with Crippen molar-refractivity contribution in [2.75, 3.05) is 6.54 Å². The molecule has 2 aromatic rings. The van der Waals surface area contributed by atoms with Crippen molar-refractivity contribution >= 4 is 5.91 Å². The average molecular weight is 331 g/mol. The third-order valence-electron chi connectivity index (χ3n) is 4.12. The first-order valence-corrected chi connectivity index (χ1v) is 7.79. The molecule has 1 aromatic heterocycles. The van der Waals surface area contributed by atoms with Gasteiger partial charge in [0.25, 0.3) is 5.91 Å². The molecule has 1 heterocycles. The Labute approximate surface area is 138 Å². The number of nitrogens with one attached hydrogen (secondary N) is 1. The maximum Gasteiger partial charge on any atom is 0.271 e. The number of rotatable bonds is 5. The van der Waals surface area contributed by atoms with Crippen LogP contribution in [0.1, 0.15) is 23.3 Å². The van der Waals surface area contributed by atoms with Crippen LogP contribution >= 0.6 is 0 Å². The van der Waals surface area contributed by atoms with E-state index in [2.05, 4.69) is 15.5 Å². The molecule has 24 heavy (non-hydrogen) atoms. The molecule has 1 saturated carbocycles. The fourth-order valence-electron chi connectivity index (χ4n) is 2.80. The van der Waals surface area contributed by atoms with E-state index < -0.39 is 6.10 Å². The third kappa shape index (κ3) is 3.86. The normalized spacial score (nSPS) is 23.0. The van der Waals surface area contributed by atoms with E-state index in [9.17, 15) is 14.3 Å². The monoisotopic (exact) mass is 331 g/mol. The average Bonchev–Trinajstić information content (AvgIpc) is 2.95. The van der Waals surface area contributed by atoms with E-state index >= 15 is 0 Å². The van der Waals surface area contributed by atoms with Gasteiger partial charge < -0.3 is 15.2 Å². The van der Waals surface area contributed by atoms with Crippen molar-refractivity contribution in [2.24, 2.45) is 5.92 Å². The van der Waals surface area contributed by atoms with Crippen molar-refractivity contribution in [3.8, 4) is 5.75 Å². The molecule has 0 bridgehead atoms. The molecule has 0 radical (unpaired) electrons. The molecule has 1 aromatic carbocycles. The van der Waals surface area contributed by atoms with Gasteiger partial charge in [0.2, 0.25) is 0 Å². The maximum absolute atomic E-state index is 12.9. The summed E-state index contributed by atoms with van der Waals surface area (Å²) in [5.41, 5.74) is 0.240. The first kappa shape index (κ1) is 16.3. The van der Waals surface area contributed by atoms with Crippen molar-refractivity contribution in [1.82, 2.24) is 15.5 Å². The van der Waals surface area contributed by atoms with E-state index in [0.29, 0.717) is 18.7 Å². The zero-order valence-corrected chi connectivity index (χ0v) is 12.9. The van der Waals surface area contributed by atoms with Crippen LogP contribution in [0.5, 0.6) is 5.75 Å². The van der Waals surface area contributed by atoms with Crippen LogP contribution < -0.4 is 10.1 Å². The molecule has 0 saturated heterocycles. The first-order chi connectivity index (χ1) is 11.6. The minimum Gasteiger partial charge on any atom is -0.488 e. The van der Waals surface area contributed by atoms with Gasteiger partial charge in [0.1, 0.15) is 17.7 Å². The maximum atomic E-state index is 12.9. The largest absolute Gasteiger partial charge is 0.488 e. The highest BCUT2D eigenvalue weighted by molar-refractivity contribution is 5.91. The summed E-state index contributed by atoms with van der Waals surface area (Å²) in [7, 11) is 0. The predicted octanol–water partition coefficient (Wildman–Crippen LogP) is 1.56. The molecule has 3 atom stereocenters. The Morgan fingerprint density at radius 2 is 2.08 bits per heavy atom. The number of benzene rings is 1. The second-order valence-electron chi connectivity index (χ2n) is 5.76. The Kier molecular flexibility index (Phi) is 5.00. The summed E-state index contributed by atoms with van der Waals surface area (Å²) in [6, 6.07) is 8.91. The molecule has 0 unspecified atom stereocenters. The van der Waals surface area contributed by atoms with Gasteiger partial charge in [-0.05, 0) is 49.2 Å². The molecule has 1 fully saturated rings. The van der Waals surface area contributed by atoms with E-state index in [4.69, 9.17) is 4.74 Å². The Morgan fingerprint density at radius 3 is 2.79 bits per heavy atom. The minimum absolute atomic E-state index is 0.101. The van der Waals surface area contributed by atoms with Crippen LogP contribution in [0.3, 0.4) is 0 Å². The van der Waals surface area contributed by atoms with Crippen LogP contribution in [0.25, 0.3) is 0 Å². The topological polar surface area (TPSA) is 84.3 Å². The van der Waals surface area contributed by atoms with Crippen molar-refractivity contribution in [3.63, 3.8) is 0 Å². The Bertz CT molecular complexity index is 681. The number of hydrogen-bond acceptors (Lipinski definition) is 5. The SMILES string of the molecule is O=C(NC[C@H]1CC[C@@H](Oc2ccc(F)cc2)[C@@H]1O)c1cccnn1. The van der Waals surface area contributed by atoms with Crippen LogP contribution in [0, 0.1) is 11.7 Å². The van der Waals surface area contributed by atoms with Gasteiger partial charge in [0.05, 0.1) is 6.10 Å². The molecule has 2 N–H and O–H groups in total. The number of aliphatic hydroxyl groups excluding tert-OH is 1. The third-order valence-corrected chi connectivity index (χ3v) is 4.12. The number of hydrogen-bond donors (Lipinski definition) is 2. The van der Waals surface area contributed by atoms with Crippen LogP contribution in [0.2, 0.25) is 0 Å². The molecule has 6 nitrogen and oxygen atoms in total. The smallest absolute Gasteiger partial charge is 0.271 e. The molecule has 0 spiro atoms. The molecule has 126 valence electrons. The number of halogens is 1. The van der Waals surface area contributed by atoms with Gasteiger partial charge in [-0.3, -0.25) is 4.79 Å². The number of aromatic nitrogens is 2. The highest BCUT2D eigenvalue weighted by Crippen LogP contribution is 2.29. The number of amides is 1. The molecular weight excluding hydrogens is 313 g/mol. The van der Waals surface area contributed by atoms with E-state index in [0.717, 1.165) is 6.42 Å². The second kappa shape index (κ2) is 7.35. The molecule has 1 aliphatic carbocycles. The molecular formula is C17H18FN3O3. The van der Waals surface area contributed by atoms with Gasteiger partial charge in [-0.25, -0.2) is 4.39 Å². The van der Waals surface area contributed by atoms with Crippen molar-refractivity contribution in [3.05, 3.63) is 54.1 Å². The number of carbonyl (C=O) groups is 1. The Balaban J connectivity index is 1.51. The standard InChI is InChI=1S/C17H18FN3O3/c18-12-4-6-13(7-5-12)24-15-8-3-11(16(15)22)10-19-17(23)14-2-1-9-20-21-14/h1-2,4-7,9,11,15-16,22H,3,8,10H2,(H,19,23)/t11-,15-,16-/m1/s1. The fraction of sp³-hybridized carbons (Fsp3) is 0.353. The molecule has 3 rings (SSSR count). The number of nitrogens with zero attached hydrogens (tertiary/aromatic N) is 2. The van der Waals surface area contributed by atoms with Gasteiger partial charge in [-0.15, -0.1) is 5.10 Å². The van der Waals surface area contributed by atoms with Crippen LogP contribution in [0.15, 0.2) is 42.6 Å². The van der Waals surface area contributed by atoms with Crippen LogP contribution in [-0.2, 0) is 0 Å². The molecule has 1 amide bonds. The summed E-state index contributed by atoms with van der Waals surface area (Å²) in [5, 5.41) is 20.5. The lowest BCUT2D eigenvalue weighted by Crippen LogP contribution is -2.37. The Hall–Kier alpha value is -2.54. The van der Waals surface area contributed by atoms with Crippen molar-refractivity contribution < 1.29 is 19.0 Å². The molecule has 1 aliphatic rings. The van der Waals surface area contributed by atoms with Gasteiger partial charge in [-0.2, -0.15) is 5.10 Å². The summed E-state index contributed by atoms with van der Waals surface area (Å²) in [6.45, 7) is 0.333. The predicted molar refractivity (Wildman–Crippen MR) is 83.9 cm³/mol. The van der Waals surface area contributed by atoms with Gasteiger partial charge in [0.15, 0.2) is 5.69 Å². The van der Waals surface area contributed by atoms with Gasteiger partial charge in [0, 0.05) is 18.7 Å². The van der Waals surface area contributed by atoms with Crippen molar-refractivity contribution in [2.45, 2.75) is 25.0 Å². The van der Waals surface area contributed by atoms with E-state index in [1.165, 1.54) is 30.5 Å². The van der Waals surface area contributed by atoms with E-state index in [1.54, 1.807) is 12.1 Å². The Morgan fingerprint density at radius 1 is 1.29 bits per heavy atom. The number of ether oxygens (including phenoxy) is 1. The lowest BCUT2D eigenvalue weighted by Gasteiger charge is -2.21. The van der Waals surface area contributed by atoms with E-state index in [1.807, 2.05) is 0 Å². The summed E-state index contributed by atoms with van der Waals surface area (Å²) in [6.07, 6.45) is 1.83. The minimum atomic E-state index is -0.697. The lowest BCUT2D eigenvalue weighted by molar-refractivity contribution is 0.0348. The van der Waals surface area contributed by atoms with Crippen LogP contribution in [0.4, 0.5) is 4.39 Å². The summed E-state index contributed by atoms with van der Waals surface area (Å²) < 4.78 is 18.6. The zero-order valence-electron chi connectivity index (χ0n) is 12.9. The summed E-state index contributed by atoms with van der Waals surface area (Å²) in [5.74, 6) is -0.238. The van der Waals surface area contributed by atoms with E-state index in [-0.39, 0.29) is 29.4 Å².